The van der Waals surface area contributed by atoms with E-state index < -0.39 is 0 Å². The molecule has 1 N–H and O–H groups in total. The van der Waals surface area contributed by atoms with Crippen LogP contribution >= 0.6 is 27.5 Å². The van der Waals surface area contributed by atoms with Crippen molar-refractivity contribution < 1.29 is 4.39 Å². The molecule has 0 bridgehead atoms. The second kappa shape index (κ2) is 6.17. The molecule has 1 aromatic carbocycles. The standard InChI is InChI=1S/C17H17BrClFN4/c1-23-4-2-10(3-5-23)24-9-13(12-8-21-22-17(12)19)11-6-14(18)15(20)7-16(11)24/h6-10H,2-5H2,1H3,(H,21,22). The van der Waals surface area contributed by atoms with Gasteiger partial charge in [-0.1, -0.05) is 11.6 Å². The smallest absolute Gasteiger partial charge is 0.158 e. The van der Waals surface area contributed by atoms with Crippen molar-refractivity contribution in [2.75, 3.05) is 20.1 Å². The Morgan fingerprint density at radius 3 is 2.71 bits per heavy atom. The van der Waals surface area contributed by atoms with Crippen molar-refractivity contribution in [2.24, 2.45) is 0 Å². The predicted octanol–water partition coefficient (Wildman–Crippen LogP) is 4.85. The number of hydrogen-bond donors (Lipinski definition) is 1. The molecule has 0 spiro atoms. The summed E-state index contributed by atoms with van der Waals surface area (Å²) < 4.78 is 16.8. The number of aromatic amines is 1. The predicted molar refractivity (Wildman–Crippen MR) is 98.0 cm³/mol. The van der Waals surface area contributed by atoms with Crippen LogP contribution in [0.3, 0.4) is 0 Å². The summed E-state index contributed by atoms with van der Waals surface area (Å²) in [6.45, 7) is 2.09. The molecule has 0 saturated carbocycles. The Bertz CT molecular complexity index is 896. The summed E-state index contributed by atoms with van der Waals surface area (Å²) >= 11 is 9.51. The fourth-order valence-electron chi connectivity index (χ4n) is 3.50. The molecule has 0 atom stereocenters. The number of likely N-dealkylation sites (tertiary alicyclic amines) is 1. The van der Waals surface area contributed by atoms with Gasteiger partial charge < -0.3 is 9.47 Å². The first-order chi connectivity index (χ1) is 11.5. The minimum Gasteiger partial charge on any atom is -0.344 e. The Hall–Kier alpha value is -1.37. The third kappa shape index (κ3) is 2.66. The van der Waals surface area contributed by atoms with E-state index in [2.05, 4.69) is 48.8 Å². The molecule has 3 aromatic rings. The Balaban J connectivity index is 1.91. The van der Waals surface area contributed by atoms with Gasteiger partial charge in [-0.2, -0.15) is 5.10 Å². The molecular weight excluding hydrogens is 395 g/mol. The van der Waals surface area contributed by atoms with Gasteiger partial charge >= 0.3 is 0 Å². The summed E-state index contributed by atoms with van der Waals surface area (Å²) in [5, 5.41) is 8.21. The Morgan fingerprint density at radius 2 is 2.04 bits per heavy atom. The van der Waals surface area contributed by atoms with E-state index in [1.165, 1.54) is 0 Å². The summed E-state index contributed by atoms with van der Waals surface area (Å²) in [6, 6.07) is 3.80. The maximum Gasteiger partial charge on any atom is 0.158 e. The molecule has 3 heterocycles. The minimum atomic E-state index is -0.250. The fraction of sp³-hybridized carbons (Fsp3) is 0.353. The lowest BCUT2D eigenvalue weighted by atomic mass is 10.1. The van der Waals surface area contributed by atoms with Gasteiger partial charge in [-0.25, -0.2) is 4.39 Å². The number of benzene rings is 1. The third-order valence-corrected chi connectivity index (χ3v) is 5.74. The summed E-state index contributed by atoms with van der Waals surface area (Å²) in [7, 11) is 2.14. The average Bonchev–Trinajstić information content (AvgIpc) is 3.13. The summed E-state index contributed by atoms with van der Waals surface area (Å²) in [4.78, 5) is 2.33. The van der Waals surface area contributed by atoms with Crippen LogP contribution < -0.4 is 0 Å². The van der Waals surface area contributed by atoms with E-state index in [1.54, 1.807) is 12.3 Å². The molecule has 0 amide bonds. The van der Waals surface area contributed by atoms with Crippen LogP contribution in [-0.2, 0) is 0 Å². The molecule has 0 unspecified atom stereocenters. The molecule has 1 fully saturated rings. The van der Waals surface area contributed by atoms with Crippen molar-refractivity contribution in [3.8, 4) is 11.1 Å². The van der Waals surface area contributed by atoms with Crippen molar-refractivity contribution in [1.82, 2.24) is 19.7 Å². The van der Waals surface area contributed by atoms with Crippen LogP contribution in [0.2, 0.25) is 5.15 Å². The number of nitrogens with zero attached hydrogens (tertiary/aromatic N) is 3. The van der Waals surface area contributed by atoms with Crippen LogP contribution in [0, 0.1) is 5.82 Å². The van der Waals surface area contributed by atoms with Gasteiger partial charge in [0.1, 0.15) is 5.82 Å². The highest BCUT2D eigenvalue weighted by Gasteiger charge is 2.23. The van der Waals surface area contributed by atoms with E-state index >= 15 is 0 Å². The highest BCUT2D eigenvalue weighted by Crippen LogP contribution is 2.39. The molecule has 4 rings (SSSR count). The van der Waals surface area contributed by atoms with Crippen LogP contribution in [0.1, 0.15) is 18.9 Å². The number of halogens is 3. The first-order valence-corrected chi connectivity index (χ1v) is 9.09. The number of aromatic nitrogens is 3. The molecule has 2 aromatic heterocycles. The van der Waals surface area contributed by atoms with Gasteiger partial charge in [0.2, 0.25) is 0 Å². The lowest BCUT2D eigenvalue weighted by Crippen LogP contribution is -2.31. The van der Waals surface area contributed by atoms with Gasteiger partial charge in [0, 0.05) is 34.9 Å². The van der Waals surface area contributed by atoms with E-state index in [4.69, 9.17) is 11.6 Å². The SMILES string of the molecule is CN1CCC(n2cc(-c3c[nH]nc3Cl)c3cc(Br)c(F)cc32)CC1. The van der Waals surface area contributed by atoms with Crippen LogP contribution in [-0.4, -0.2) is 39.8 Å². The summed E-state index contributed by atoms with van der Waals surface area (Å²) in [5.41, 5.74) is 2.72. The van der Waals surface area contributed by atoms with Gasteiger partial charge in [0.25, 0.3) is 0 Å². The Labute approximate surface area is 152 Å². The van der Waals surface area contributed by atoms with E-state index in [9.17, 15) is 4.39 Å². The summed E-state index contributed by atoms with van der Waals surface area (Å²) in [6.07, 6.45) is 5.98. The molecular formula is C17H17BrClFN4. The summed E-state index contributed by atoms with van der Waals surface area (Å²) in [5.74, 6) is -0.250. The fourth-order valence-corrected chi connectivity index (χ4v) is 4.04. The lowest BCUT2D eigenvalue weighted by molar-refractivity contribution is 0.224. The molecule has 126 valence electrons. The maximum atomic E-state index is 14.2. The molecule has 24 heavy (non-hydrogen) atoms. The normalized spacial score (nSPS) is 17.0. The topological polar surface area (TPSA) is 36.9 Å². The lowest BCUT2D eigenvalue weighted by Gasteiger charge is -2.30. The molecule has 1 saturated heterocycles. The molecule has 0 radical (unpaired) electrons. The number of hydrogen-bond acceptors (Lipinski definition) is 2. The van der Waals surface area contributed by atoms with Gasteiger partial charge in [-0.3, -0.25) is 5.10 Å². The molecule has 0 aliphatic carbocycles. The van der Waals surface area contributed by atoms with Gasteiger partial charge in [0.05, 0.1) is 9.99 Å². The second-order valence-corrected chi connectivity index (χ2v) is 7.57. The van der Waals surface area contributed by atoms with Gasteiger partial charge in [0.15, 0.2) is 5.15 Å². The second-order valence-electron chi connectivity index (χ2n) is 6.36. The van der Waals surface area contributed by atoms with Crippen molar-refractivity contribution in [3.05, 3.63) is 40.0 Å². The number of fused-ring (bicyclic) bond motifs is 1. The molecule has 1 aliphatic heterocycles. The van der Waals surface area contributed by atoms with Crippen LogP contribution in [0.25, 0.3) is 22.0 Å². The number of rotatable bonds is 2. The molecule has 1 aliphatic rings. The van der Waals surface area contributed by atoms with Crippen LogP contribution in [0.5, 0.6) is 0 Å². The first-order valence-electron chi connectivity index (χ1n) is 7.92. The zero-order valence-corrected chi connectivity index (χ0v) is 15.5. The van der Waals surface area contributed by atoms with E-state index in [1.807, 2.05) is 6.07 Å². The molecule has 4 nitrogen and oxygen atoms in total. The first kappa shape index (κ1) is 16.1. The number of piperidine rings is 1. The van der Waals surface area contributed by atoms with E-state index in [0.717, 1.165) is 48.0 Å². The highest BCUT2D eigenvalue weighted by atomic mass is 79.9. The Morgan fingerprint density at radius 1 is 1.29 bits per heavy atom. The zero-order chi connectivity index (χ0) is 16.8. The van der Waals surface area contributed by atoms with Gasteiger partial charge in [-0.15, -0.1) is 0 Å². The minimum absolute atomic E-state index is 0.250. The van der Waals surface area contributed by atoms with Gasteiger partial charge in [-0.05, 0) is 61.0 Å². The quantitative estimate of drug-likeness (QED) is 0.654. The monoisotopic (exact) mass is 410 g/mol. The largest absolute Gasteiger partial charge is 0.344 e. The van der Waals surface area contributed by atoms with Crippen LogP contribution in [0.15, 0.2) is 29.0 Å². The molecule has 7 heteroatoms. The van der Waals surface area contributed by atoms with E-state index in [0.29, 0.717) is 15.7 Å². The number of nitrogens with one attached hydrogen (secondary N) is 1. The number of H-pyrrole nitrogens is 1. The maximum absolute atomic E-state index is 14.2. The average molecular weight is 412 g/mol. The van der Waals surface area contributed by atoms with E-state index in [-0.39, 0.29) is 5.82 Å². The van der Waals surface area contributed by atoms with Crippen molar-refractivity contribution in [2.45, 2.75) is 18.9 Å². The van der Waals surface area contributed by atoms with Crippen molar-refractivity contribution in [1.29, 1.82) is 0 Å². The highest BCUT2D eigenvalue weighted by molar-refractivity contribution is 9.10. The Kier molecular flexibility index (Phi) is 4.14. The van der Waals surface area contributed by atoms with Crippen LogP contribution in [0.4, 0.5) is 4.39 Å². The zero-order valence-electron chi connectivity index (χ0n) is 13.2. The van der Waals surface area contributed by atoms with Crippen molar-refractivity contribution in [3.63, 3.8) is 0 Å². The van der Waals surface area contributed by atoms with Crippen molar-refractivity contribution >= 4 is 38.4 Å². The third-order valence-electron chi connectivity index (χ3n) is 4.84.